The minimum atomic E-state index is -0.327. The van der Waals surface area contributed by atoms with Crippen LogP contribution in [0.4, 0.5) is 4.79 Å². The van der Waals surface area contributed by atoms with Gasteiger partial charge < -0.3 is 10.1 Å². The van der Waals surface area contributed by atoms with Crippen LogP contribution in [0.25, 0.3) is 0 Å². The first-order valence-electron chi connectivity index (χ1n) is 8.46. The maximum absolute atomic E-state index is 11.8. The van der Waals surface area contributed by atoms with Gasteiger partial charge in [-0.3, -0.25) is 4.99 Å². The molecule has 1 N–H and O–H groups in total. The monoisotopic (exact) mass is 308 g/mol. The maximum atomic E-state index is 11.8. The van der Waals surface area contributed by atoms with Crippen molar-refractivity contribution in [2.24, 2.45) is 4.99 Å². The van der Waals surface area contributed by atoms with Gasteiger partial charge in [-0.15, -0.1) is 0 Å². The number of rotatable bonds is 12. The van der Waals surface area contributed by atoms with E-state index >= 15 is 0 Å². The van der Waals surface area contributed by atoms with Crippen LogP contribution in [-0.4, -0.2) is 25.0 Å². The van der Waals surface area contributed by atoms with Crippen LogP contribution in [-0.2, 0) is 4.74 Å². The molecule has 4 heteroatoms. The number of nitrogens with zero attached hydrogens (tertiary/aromatic N) is 1. The number of hydrogen-bond acceptors (Lipinski definition) is 3. The Balaban J connectivity index is 4.07. The van der Waals surface area contributed by atoms with E-state index in [1.807, 2.05) is 6.08 Å². The van der Waals surface area contributed by atoms with Gasteiger partial charge in [-0.05, 0) is 25.7 Å². The molecule has 0 aromatic heterocycles. The van der Waals surface area contributed by atoms with Crippen molar-refractivity contribution in [3.05, 3.63) is 24.4 Å². The number of nitrogens with one attached hydrogen (secondary N) is 1. The first-order valence-corrected chi connectivity index (χ1v) is 8.46. The Hall–Kier alpha value is -1.58. The van der Waals surface area contributed by atoms with Crippen LogP contribution in [0.15, 0.2) is 29.4 Å². The molecular formula is C18H32N2O2. The summed E-state index contributed by atoms with van der Waals surface area (Å²) in [5.74, 6) is 0. The smallest absolute Gasteiger partial charge is 0.407 e. The lowest BCUT2D eigenvalue weighted by Gasteiger charge is -2.16. The van der Waals surface area contributed by atoms with Crippen LogP contribution < -0.4 is 5.32 Å². The molecule has 1 amide bonds. The second-order valence-electron chi connectivity index (χ2n) is 5.23. The molecule has 0 aliphatic heterocycles. The van der Waals surface area contributed by atoms with Crippen LogP contribution in [0.2, 0.25) is 0 Å². The maximum Gasteiger partial charge on any atom is 0.407 e. The summed E-state index contributed by atoms with van der Waals surface area (Å²) in [5, 5.41) is 2.80. The molecule has 0 bridgehead atoms. The Morgan fingerprint density at radius 1 is 1.32 bits per heavy atom. The average Bonchev–Trinajstić information content (AvgIpc) is 2.51. The third kappa shape index (κ3) is 11.1. The molecule has 0 aliphatic carbocycles. The van der Waals surface area contributed by atoms with Crippen LogP contribution in [0.1, 0.15) is 65.7 Å². The molecule has 1 atom stereocenters. The summed E-state index contributed by atoms with van der Waals surface area (Å²) in [5.41, 5.74) is 0.956. The van der Waals surface area contributed by atoms with Crippen LogP contribution in [0, 0.1) is 0 Å². The quantitative estimate of drug-likeness (QED) is 0.407. The lowest BCUT2D eigenvalue weighted by molar-refractivity contribution is 0.0888. The standard InChI is InChI=1S/C18H32N2O2/c1-5-9-10-12-17(8-4)22-18(21)20-15-13-16(11-6-2)19-14-7-3/h7,11,14,17H,3,5-6,8-10,12-13,15H2,1-2,4H3,(H,20,21). The minimum Gasteiger partial charge on any atom is -0.446 e. The van der Waals surface area contributed by atoms with Gasteiger partial charge in [-0.1, -0.05) is 52.3 Å². The fourth-order valence-electron chi connectivity index (χ4n) is 2.06. The third-order valence-electron chi connectivity index (χ3n) is 3.29. The second kappa shape index (κ2) is 14.4. The van der Waals surface area contributed by atoms with Crippen LogP contribution in [0.3, 0.4) is 0 Å². The molecule has 0 aromatic rings. The highest BCUT2D eigenvalue weighted by atomic mass is 16.6. The largest absolute Gasteiger partial charge is 0.446 e. The predicted molar refractivity (Wildman–Crippen MR) is 94.4 cm³/mol. The topological polar surface area (TPSA) is 50.7 Å². The van der Waals surface area contributed by atoms with Crippen LogP contribution in [0.5, 0.6) is 0 Å². The second-order valence-corrected chi connectivity index (χ2v) is 5.23. The average molecular weight is 308 g/mol. The van der Waals surface area contributed by atoms with E-state index in [-0.39, 0.29) is 12.2 Å². The third-order valence-corrected chi connectivity index (χ3v) is 3.29. The highest BCUT2D eigenvalue weighted by Gasteiger charge is 2.11. The SMILES string of the molecule is C=CC=NC(=CCC)CCNC(=O)OC(CC)CCCCC. The molecule has 4 nitrogen and oxygen atoms in total. The highest BCUT2D eigenvalue weighted by Crippen LogP contribution is 2.10. The molecule has 0 fully saturated rings. The van der Waals surface area contributed by atoms with E-state index in [4.69, 9.17) is 4.74 Å². The Bertz CT molecular complexity index is 362. The molecule has 0 aliphatic rings. The van der Waals surface area contributed by atoms with Gasteiger partial charge in [-0.2, -0.15) is 0 Å². The van der Waals surface area contributed by atoms with Gasteiger partial charge in [0.25, 0.3) is 0 Å². The molecule has 0 heterocycles. The fraction of sp³-hybridized carbons (Fsp3) is 0.667. The van der Waals surface area contributed by atoms with Gasteiger partial charge in [-0.25, -0.2) is 4.79 Å². The summed E-state index contributed by atoms with van der Waals surface area (Å²) in [7, 11) is 0. The predicted octanol–water partition coefficient (Wildman–Crippen LogP) is 5.01. The molecule has 0 rings (SSSR count). The van der Waals surface area contributed by atoms with Crippen molar-refractivity contribution in [1.82, 2.24) is 5.32 Å². The van der Waals surface area contributed by atoms with E-state index in [9.17, 15) is 4.79 Å². The van der Waals surface area contributed by atoms with Gasteiger partial charge in [0.2, 0.25) is 0 Å². The number of carbonyl (C=O) groups is 1. The normalized spacial score (nSPS) is 13.1. The summed E-state index contributed by atoms with van der Waals surface area (Å²) in [6.07, 6.45) is 12.0. The van der Waals surface area contributed by atoms with E-state index in [1.165, 1.54) is 12.8 Å². The van der Waals surface area contributed by atoms with Gasteiger partial charge in [0, 0.05) is 24.9 Å². The summed E-state index contributed by atoms with van der Waals surface area (Å²) < 4.78 is 5.45. The molecule has 22 heavy (non-hydrogen) atoms. The van der Waals surface area contributed by atoms with E-state index in [0.29, 0.717) is 13.0 Å². The number of allylic oxidation sites excluding steroid dienone is 2. The zero-order valence-corrected chi connectivity index (χ0v) is 14.4. The summed E-state index contributed by atoms with van der Waals surface area (Å²) in [4.78, 5) is 16.1. The first kappa shape index (κ1) is 20.4. The molecular weight excluding hydrogens is 276 g/mol. The number of amides is 1. The number of unbranched alkanes of at least 4 members (excludes halogenated alkanes) is 2. The molecule has 0 radical (unpaired) electrons. The van der Waals surface area contributed by atoms with Gasteiger partial charge in [0.1, 0.15) is 6.10 Å². The lowest BCUT2D eigenvalue weighted by Crippen LogP contribution is -2.29. The van der Waals surface area contributed by atoms with E-state index in [0.717, 1.165) is 31.4 Å². The van der Waals surface area contributed by atoms with Crippen molar-refractivity contribution in [3.63, 3.8) is 0 Å². The van der Waals surface area contributed by atoms with Crippen LogP contribution >= 0.6 is 0 Å². The fourth-order valence-corrected chi connectivity index (χ4v) is 2.06. The summed E-state index contributed by atoms with van der Waals surface area (Å²) >= 11 is 0. The number of hydrogen-bond donors (Lipinski definition) is 1. The molecule has 0 aromatic carbocycles. The zero-order valence-electron chi connectivity index (χ0n) is 14.4. The van der Waals surface area contributed by atoms with Crippen molar-refractivity contribution in [3.8, 4) is 0 Å². The first-order chi connectivity index (χ1) is 10.7. The van der Waals surface area contributed by atoms with Gasteiger partial charge in [0.05, 0.1) is 0 Å². The number of ether oxygens (including phenoxy) is 1. The van der Waals surface area contributed by atoms with Crippen molar-refractivity contribution in [1.29, 1.82) is 0 Å². The number of carbonyl (C=O) groups excluding carboxylic acids is 1. The van der Waals surface area contributed by atoms with Crippen molar-refractivity contribution in [2.75, 3.05) is 6.54 Å². The molecule has 0 spiro atoms. The van der Waals surface area contributed by atoms with E-state index < -0.39 is 0 Å². The van der Waals surface area contributed by atoms with Crippen molar-refractivity contribution < 1.29 is 9.53 Å². The summed E-state index contributed by atoms with van der Waals surface area (Å²) in [6, 6.07) is 0. The Morgan fingerprint density at radius 2 is 2.09 bits per heavy atom. The molecule has 0 saturated heterocycles. The highest BCUT2D eigenvalue weighted by molar-refractivity contribution is 5.71. The molecule has 0 saturated carbocycles. The van der Waals surface area contributed by atoms with E-state index in [1.54, 1.807) is 12.3 Å². The van der Waals surface area contributed by atoms with Gasteiger partial charge in [0.15, 0.2) is 0 Å². The minimum absolute atomic E-state index is 0.0241. The Labute approximate surface area is 135 Å². The Kier molecular flexibility index (Phi) is 13.3. The lowest BCUT2D eigenvalue weighted by atomic mass is 10.1. The van der Waals surface area contributed by atoms with Gasteiger partial charge >= 0.3 is 6.09 Å². The summed E-state index contributed by atoms with van der Waals surface area (Å²) in [6.45, 7) is 10.4. The molecule has 126 valence electrons. The Morgan fingerprint density at radius 3 is 2.68 bits per heavy atom. The van der Waals surface area contributed by atoms with E-state index in [2.05, 4.69) is 37.7 Å². The molecule has 1 unspecified atom stereocenters. The number of alkyl carbamates (subject to hydrolysis) is 1. The van der Waals surface area contributed by atoms with Crippen molar-refractivity contribution in [2.45, 2.75) is 71.8 Å². The number of aliphatic imine (C=N–C) groups is 1. The van der Waals surface area contributed by atoms with Crippen molar-refractivity contribution >= 4 is 12.3 Å². The zero-order chi connectivity index (χ0) is 16.6.